The maximum absolute atomic E-state index is 12.2. The van der Waals surface area contributed by atoms with Crippen LogP contribution in [0.15, 0.2) is 0 Å². The van der Waals surface area contributed by atoms with Gasteiger partial charge in [0.05, 0.1) is 7.11 Å². The van der Waals surface area contributed by atoms with Crippen LogP contribution >= 0.6 is 0 Å². The smallest absolute Gasteiger partial charge is 0.328 e. The summed E-state index contributed by atoms with van der Waals surface area (Å²) in [7, 11) is 1.37. The summed E-state index contributed by atoms with van der Waals surface area (Å²) in [6.45, 7) is 4.07. The monoisotopic (exact) mass is 296 g/mol. The number of carbonyl (C=O) groups is 2. The second-order valence-electron chi connectivity index (χ2n) is 6.95. The molecule has 2 aliphatic rings. The lowest BCUT2D eigenvalue weighted by atomic mass is 9.89. The van der Waals surface area contributed by atoms with Crippen LogP contribution in [0.3, 0.4) is 0 Å². The van der Waals surface area contributed by atoms with E-state index in [4.69, 9.17) is 4.74 Å². The largest absolute Gasteiger partial charge is 0.467 e. The summed E-state index contributed by atoms with van der Waals surface area (Å²) in [5.41, 5.74) is 0. The maximum atomic E-state index is 12.2. The second kappa shape index (κ2) is 7.25. The number of hydrogen-bond acceptors (Lipinski definition) is 4. The van der Waals surface area contributed by atoms with Gasteiger partial charge in [0.25, 0.3) is 0 Å². The van der Waals surface area contributed by atoms with Crippen molar-refractivity contribution < 1.29 is 14.3 Å². The highest BCUT2D eigenvalue weighted by Crippen LogP contribution is 2.32. The lowest BCUT2D eigenvalue weighted by Crippen LogP contribution is -2.44. The average molecular weight is 296 g/mol. The number of nitrogens with one attached hydrogen (secondary N) is 2. The Morgan fingerprint density at radius 3 is 2.38 bits per heavy atom. The van der Waals surface area contributed by atoms with E-state index in [1.807, 2.05) is 13.8 Å². The van der Waals surface area contributed by atoms with E-state index in [-0.39, 0.29) is 11.9 Å². The molecule has 2 bridgehead atoms. The third-order valence-corrected chi connectivity index (χ3v) is 4.57. The molecule has 2 fully saturated rings. The highest BCUT2D eigenvalue weighted by Gasteiger charge is 2.34. The molecule has 5 heteroatoms. The molecule has 120 valence electrons. The third-order valence-electron chi connectivity index (χ3n) is 4.57. The highest BCUT2D eigenvalue weighted by atomic mass is 16.5. The molecule has 2 aliphatic heterocycles. The minimum Gasteiger partial charge on any atom is -0.467 e. The van der Waals surface area contributed by atoms with Crippen molar-refractivity contribution >= 4 is 11.9 Å². The SMILES string of the molecule is COC(=O)C(CC(C)C)NC(=O)CC1CC2CCC(C1)N2. The lowest BCUT2D eigenvalue weighted by molar-refractivity contribution is -0.145. The molecule has 0 saturated carbocycles. The van der Waals surface area contributed by atoms with E-state index in [0.29, 0.717) is 36.8 Å². The average Bonchev–Trinajstić information content (AvgIpc) is 2.75. The Hall–Kier alpha value is -1.10. The molecule has 5 nitrogen and oxygen atoms in total. The van der Waals surface area contributed by atoms with Crippen molar-refractivity contribution in [3.8, 4) is 0 Å². The van der Waals surface area contributed by atoms with Crippen LogP contribution in [-0.2, 0) is 14.3 Å². The van der Waals surface area contributed by atoms with Crippen LogP contribution in [0.4, 0.5) is 0 Å². The van der Waals surface area contributed by atoms with Gasteiger partial charge in [-0.2, -0.15) is 0 Å². The molecule has 0 radical (unpaired) electrons. The van der Waals surface area contributed by atoms with Gasteiger partial charge in [-0.05, 0) is 43.9 Å². The molecule has 2 saturated heterocycles. The molecule has 3 atom stereocenters. The van der Waals surface area contributed by atoms with Crippen LogP contribution in [0.5, 0.6) is 0 Å². The van der Waals surface area contributed by atoms with Crippen LogP contribution in [-0.4, -0.2) is 37.1 Å². The molecule has 21 heavy (non-hydrogen) atoms. The van der Waals surface area contributed by atoms with Crippen molar-refractivity contribution in [2.45, 2.75) is 70.5 Å². The predicted molar refractivity (Wildman–Crippen MR) is 80.7 cm³/mol. The van der Waals surface area contributed by atoms with Crippen molar-refractivity contribution in [2.75, 3.05) is 7.11 Å². The molecule has 0 aliphatic carbocycles. The molecule has 2 heterocycles. The van der Waals surface area contributed by atoms with E-state index in [9.17, 15) is 9.59 Å². The Morgan fingerprint density at radius 2 is 1.86 bits per heavy atom. The highest BCUT2D eigenvalue weighted by molar-refractivity contribution is 5.84. The second-order valence-corrected chi connectivity index (χ2v) is 6.95. The Labute approximate surface area is 127 Å². The minimum absolute atomic E-state index is 0.0163. The van der Waals surface area contributed by atoms with Gasteiger partial charge in [-0.3, -0.25) is 4.79 Å². The van der Waals surface area contributed by atoms with Gasteiger partial charge in [0.15, 0.2) is 0 Å². The predicted octanol–water partition coefficient (Wildman–Crippen LogP) is 1.61. The van der Waals surface area contributed by atoms with Gasteiger partial charge < -0.3 is 15.4 Å². The number of carbonyl (C=O) groups excluding carboxylic acids is 2. The van der Waals surface area contributed by atoms with Gasteiger partial charge in [-0.1, -0.05) is 13.8 Å². The molecule has 0 aromatic carbocycles. The molecule has 3 unspecified atom stereocenters. The number of methoxy groups -OCH3 is 1. The van der Waals surface area contributed by atoms with Crippen LogP contribution < -0.4 is 10.6 Å². The van der Waals surface area contributed by atoms with Crippen LogP contribution in [0.25, 0.3) is 0 Å². The normalized spacial score (nSPS) is 29.2. The van der Waals surface area contributed by atoms with Gasteiger partial charge in [0.2, 0.25) is 5.91 Å². The number of rotatable bonds is 6. The van der Waals surface area contributed by atoms with Crippen LogP contribution in [0.2, 0.25) is 0 Å². The van der Waals surface area contributed by atoms with E-state index < -0.39 is 6.04 Å². The van der Waals surface area contributed by atoms with Crippen molar-refractivity contribution in [3.63, 3.8) is 0 Å². The third kappa shape index (κ3) is 4.70. The van der Waals surface area contributed by atoms with E-state index in [1.165, 1.54) is 20.0 Å². The first kappa shape index (κ1) is 16.3. The first-order chi connectivity index (χ1) is 9.97. The first-order valence-corrected chi connectivity index (χ1v) is 8.11. The number of ether oxygens (including phenoxy) is 1. The fourth-order valence-corrected chi connectivity index (χ4v) is 3.68. The standard InChI is InChI=1S/C16H28N2O3/c1-10(2)6-14(16(20)21-3)18-15(19)9-11-7-12-4-5-13(8-11)17-12/h10-14,17H,4-9H2,1-3H3,(H,18,19). The molecule has 1 amide bonds. The summed E-state index contributed by atoms with van der Waals surface area (Å²) in [6, 6.07) is 0.670. The van der Waals surface area contributed by atoms with E-state index in [0.717, 1.165) is 12.8 Å². The molecular weight excluding hydrogens is 268 g/mol. The topological polar surface area (TPSA) is 67.4 Å². The first-order valence-electron chi connectivity index (χ1n) is 8.11. The number of esters is 1. The molecule has 0 aromatic rings. The zero-order valence-corrected chi connectivity index (χ0v) is 13.4. The van der Waals surface area contributed by atoms with Crippen molar-refractivity contribution in [2.24, 2.45) is 11.8 Å². The van der Waals surface area contributed by atoms with Gasteiger partial charge in [-0.25, -0.2) is 4.79 Å². The fourth-order valence-electron chi connectivity index (χ4n) is 3.68. The summed E-state index contributed by atoms with van der Waals surface area (Å²) in [5.74, 6) is 0.421. The number of hydrogen-bond donors (Lipinski definition) is 2. The van der Waals surface area contributed by atoms with Gasteiger partial charge in [0.1, 0.15) is 6.04 Å². The number of amides is 1. The Kier molecular flexibility index (Phi) is 5.62. The molecule has 0 spiro atoms. The minimum atomic E-state index is -0.513. The summed E-state index contributed by atoms with van der Waals surface area (Å²) in [6.07, 6.45) is 5.78. The lowest BCUT2D eigenvalue weighted by Gasteiger charge is -2.29. The fraction of sp³-hybridized carbons (Fsp3) is 0.875. The Balaban J connectivity index is 1.82. The summed E-state index contributed by atoms with van der Waals surface area (Å²) < 4.78 is 4.78. The Bertz CT molecular complexity index is 372. The van der Waals surface area contributed by atoms with Gasteiger partial charge >= 0.3 is 5.97 Å². The van der Waals surface area contributed by atoms with Crippen molar-refractivity contribution in [3.05, 3.63) is 0 Å². The molecular formula is C16H28N2O3. The van der Waals surface area contributed by atoms with E-state index in [2.05, 4.69) is 10.6 Å². The van der Waals surface area contributed by atoms with Crippen LogP contribution in [0.1, 0.15) is 52.4 Å². The van der Waals surface area contributed by atoms with Crippen LogP contribution in [0, 0.1) is 11.8 Å². The molecule has 2 rings (SSSR count). The maximum Gasteiger partial charge on any atom is 0.328 e. The Morgan fingerprint density at radius 1 is 1.24 bits per heavy atom. The van der Waals surface area contributed by atoms with Gasteiger partial charge in [-0.15, -0.1) is 0 Å². The summed E-state index contributed by atoms with van der Waals surface area (Å²) >= 11 is 0. The van der Waals surface area contributed by atoms with E-state index in [1.54, 1.807) is 0 Å². The summed E-state index contributed by atoms with van der Waals surface area (Å²) in [4.78, 5) is 24.0. The van der Waals surface area contributed by atoms with Crippen molar-refractivity contribution in [1.82, 2.24) is 10.6 Å². The zero-order valence-electron chi connectivity index (χ0n) is 13.4. The molecule has 2 N–H and O–H groups in total. The summed E-state index contributed by atoms with van der Waals surface area (Å²) in [5, 5.41) is 6.44. The number of piperidine rings is 1. The van der Waals surface area contributed by atoms with Gasteiger partial charge in [0, 0.05) is 18.5 Å². The number of fused-ring (bicyclic) bond motifs is 2. The molecule has 0 aromatic heterocycles. The quantitative estimate of drug-likeness (QED) is 0.731. The zero-order chi connectivity index (χ0) is 15.4. The van der Waals surface area contributed by atoms with E-state index >= 15 is 0 Å². The van der Waals surface area contributed by atoms with Crippen molar-refractivity contribution in [1.29, 1.82) is 0 Å².